The monoisotopic (exact) mass is 424 g/mol. The van der Waals surface area contributed by atoms with Gasteiger partial charge in [0.1, 0.15) is 11.5 Å². The third kappa shape index (κ3) is 6.35. The summed E-state index contributed by atoms with van der Waals surface area (Å²) < 4.78 is 32.6. The van der Waals surface area contributed by atoms with Crippen molar-refractivity contribution in [1.82, 2.24) is 0 Å². The average molecular weight is 425 g/mol. The van der Waals surface area contributed by atoms with Crippen LogP contribution in [0.4, 0.5) is 11.4 Å². The van der Waals surface area contributed by atoms with Gasteiger partial charge in [-0.3, -0.25) is 9.52 Å². The first kappa shape index (κ1) is 21.9. The van der Waals surface area contributed by atoms with Crippen molar-refractivity contribution < 1.29 is 23.1 Å². The molecule has 0 fully saturated rings. The molecule has 7 nitrogen and oxygen atoms in total. The number of ether oxygens (including phenoxy) is 1. The quantitative estimate of drug-likeness (QED) is 0.586. The Labute approximate surface area is 169 Å². The second-order valence-electron chi connectivity index (χ2n) is 6.96. The van der Waals surface area contributed by atoms with Crippen LogP contribution in [0.25, 0.3) is 0 Å². The van der Waals surface area contributed by atoms with Gasteiger partial charge in [0.15, 0.2) is 0 Å². The summed E-state index contributed by atoms with van der Waals surface area (Å²) in [5, 5.41) is 12.5. The van der Waals surface area contributed by atoms with Crippen LogP contribution >= 0.6 is 11.8 Å². The molecular weight excluding hydrogens is 400 g/mol. The van der Waals surface area contributed by atoms with Crippen molar-refractivity contribution in [3.8, 4) is 11.5 Å². The van der Waals surface area contributed by atoms with Crippen LogP contribution in [0.1, 0.15) is 20.8 Å². The van der Waals surface area contributed by atoms with E-state index in [9.17, 15) is 18.3 Å². The Bertz CT molecular complexity index is 936. The van der Waals surface area contributed by atoms with Crippen molar-refractivity contribution in [3.05, 3.63) is 42.5 Å². The van der Waals surface area contributed by atoms with Gasteiger partial charge < -0.3 is 15.2 Å². The number of phenolic OH excluding ortho intramolecular Hbond substituents is 1. The smallest absolute Gasteiger partial charge is 0.261 e. The summed E-state index contributed by atoms with van der Waals surface area (Å²) in [5.74, 6) is 0.250. The number of carbonyl (C=O) groups is 1. The molecule has 0 atom stereocenters. The number of carbonyl (C=O) groups excluding carboxylic acids is 1. The van der Waals surface area contributed by atoms with E-state index < -0.39 is 10.0 Å². The molecule has 0 saturated heterocycles. The number of nitrogens with one attached hydrogen (secondary N) is 2. The van der Waals surface area contributed by atoms with Crippen molar-refractivity contribution in [3.63, 3.8) is 0 Å². The first-order valence-corrected chi connectivity index (χ1v) is 10.9. The normalized spacial score (nSPS) is 11.7. The van der Waals surface area contributed by atoms with Gasteiger partial charge in [-0.2, -0.15) is 0 Å². The van der Waals surface area contributed by atoms with Gasteiger partial charge in [-0.15, -0.1) is 11.8 Å². The summed E-state index contributed by atoms with van der Waals surface area (Å²) in [7, 11) is -2.38. The minimum Gasteiger partial charge on any atom is -0.506 e. The van der Waals surface area contributed by atoms with E-state index in [2.05, 4.69) is 10.0 Å². The summed E-state index contributed by atoms with van der Waals surface area (Å²) in [4.78, 5) is 12.0. The first-order chi connectivity index (χ1) is 13.0. The molecule has 2 rings (SSSR count). The van der Waals surface area contributed by atoms with Gasteiger partial charge in [0.05, 0.1) is 23.4 Å². The molecule has 0 radical (unpaired) electrons. The molecule has 2 aromatic carbocycles. The summed E-state index contributed by atoms with van der Waals surface area (Å²) in [6.07, 6.45) is 0. The van der Waals surface area contributed by atoms with Gasteiger partial charge in [-0.05, 0) is 42.5 Å². The van der Waals surface area contributed by atoms with Crippen LogP contribution in [0, 0.1) is 0 Å². The predicted molar refractivity (Wildman–Crippen MR) is 113 cm³/mol. The van der Waals surface area contributed by atoms with Crippen LogP contribution in [0.3, 0.4) is 0 Å². The number of benzene rings is 2. The third-order valence-electron chi connectivity index (χ3n) is 3.53. The SMILES string of the molecule is COc1ccc(NS(=O)(=O)c2ccc(O)c(NC(=O)CSC(C)(C)C)c2)cc1. The number of thioether (sulfide) groups is 1. The van der Waals surface area contributed by atoms with E-state index in [-0.39, 0.29) is 32.7 Å². The van der Waals surface area contributed by atoms with Crippen LogP contribution in [-0.2, 0) is 14.8 Å². The zero-order chi connectivity index (χ0) is 20.9. The fraction of sp³-hybridized carbons (Fsp3) is 0.316. The number of hydrogen-bond donors (Lipinski definition) is 3. The molecule has 3 N–H and O–H groups in total. The molecule has 0 heterocycles. The largest absolute Gasteiger partial charge is 0.506 e. The molecule has 0 spiro atoms. The van der Waals surface area contributed by atoms with Crippen LogP contribution < -0.4 is 14.8 Å². The molecule has 28 heavy (non-hydrogen) atoms. The number of sulfonamides is 1. The molecule has 0 bridgehead atoms. The highest BCUT2D eigenvalue weighted by atomic mass is 32.2. The Morgan fingerprint density at radius 2 is 1.79 bits per heavy atom. The van der Waals surface area contributed by atoms with Crippen LogP contribution in [0.5, 0.6) is 11.5 Å². The lowest BCUT2D eigenvalue weighted by molar-refractivity contribution is -0.113. The van der Waals surface area contributed by atoms with Crippen LogP contribution in [-0.4, -0.2) is 37.0 Å². The maximum absolute atomic E-state index is 12.6. The number of amides is 1. The Hall–Kier alpha value is -2.39. The van der Waals surface area contributed by atoms with Crippen molar-refractivity contribution in [2.75, 3.05) is 22.9 Å². The summed E-state index contributed by atoms with van der Waals surface area (Å²) in [6, 6.07) is 10.1. The van der Waals surface area contributed by atoms with Gasteiger partial charge in [-0.1, -0.05) is 20.8 Å². The fourth-order valence-corrected chi connectivity index (χ4v) is 3.84. The van der Waals surface area contributed by atoms with E-state index in [1.54, 1.807) is 24.3 Å². The maximum atomic E-state index is 12.6. The summed E-state index contributed by atoms with van der Waals surface area (Å²) >= 11 is 1.45. The van der Waals surface area contributed by atoms with E-state index >= 15 is 0 Å². The number of methoxy groups -OCH3 is 1. The number of rotatable bonds is 7. The van der Waals surface area contributed by atoms with Crippen LogP contribution in [0.2, 0.25) is 0 Å². The molecule has 0 aliphatic rings. The zero-order valence-electron chi connectivity index (χ0n) is 16.1. The second-order valence-corrected chi connectivity index (χ2v) is 10.4. The number of hydrogen-bond acceptors (Lipinski definition) is 6. The van der Waals surface area contributed by atoms with Crippen molar-refractivity contribution in [2.45, 2.75) is 30.4 Å². The highest BCUT2D eigenvalue weighted by Gasteiger charge is 2.18. The van der Waals surface area contributed by atoms with Gasteiger partial charge >= 0.3 is 0 Å². The van der Waals surface area contributed by atoms with Gasteiger partial charge in [-0.25, -0.2) is 8.42 Å². The fourth-order valence-electron chi connectivity index (χ4n) is 2.12. The molecule has 9 heteroatoms. The molecule has 2 aromatic rings. The van der Waals surface area contributed by atoms with Crippen molar-refractivity contribution in [2.24, 2.45) is 0 Å². The Morgan fingerprint density at radius 1 is 1.14 bits per heavy atom. The van der Waals surface area contributed by atoms with E-state index in [1.807, 2.05) is 20.8 Å². The van der Waals surface area contributed by atoms with Gasteiger partial charge in [0.25, 0.3) is 10.0 Å². The molecule has 0 aromatic heterocycles. The highest BCUT2D eigenvalue weighted by Crippen LogP contribution is 2.29. The van der Waals surface area contributed by atoms with E-state index in [4.69, 9.17) is 4.74 Å². The minimum atomic E-state index is -3.90. The third-order valence-corrected chi connectivity index (χ3v) is 6.18. The standard InChI is InChI=1S/C19H24N2O5S2/c1-19(2,3)27-12-18(23)20-16-11-15(9-10-17(16)22)28(24,25)21-13-5-7-14(26-4)8-6-13/h5-11,21-22H,12H2,1-4H3,(H,20,23). The van der Waals surface area contributed by atoms with Crippen LogP contribution in [0.15, 0.2) is 47.4 Å². The van der Waals surface area contributed by atoms with Gasteiger partial charge in [0.2, 0.25) is 5.91 Å². The topological polar surface area (TPSA) is 105 Å². The number of aromatic hydroxyl groups is 1. The minimum absolute atomic E-state index is 0.0390. The van der Waals surface area contributed by atoms with E-state index in [0.29, 0.717) is 11.4 Å². The Balaban J connectivity index is 2.16. The van der Waals surface area contributed by atoms with Gasteiger partial charge in [0, 0.05) is 10.4 Å². The lowest BCUT2D eigenvalue weighted by atomic mass is 10.3. The summed E-state index contributed by atoms with van der Waals surface area (Å²) in [6.45, 7) is 5.96. The lowest BCUT2D eigenvalue weighted by Crippen LogP contribution is -2.19. The number of anilines is 2. The molecular formula is C19H24N2O5S2. The first-order valence-electron chi connectivity index (χ1n) is 8.44. The zero-order valence-corrected chi connectivity index (χ0v) is 17.8. The molecule has 1 amide bonds. The summed E-state index contributed by atoms with van der Waals surface area (Å²) in [5.41, 5.74) is 0.401. The van der Waals surface area contributed by atoms with E-state index in [1.165, 1.54) is 37.1 Å². The maximum Gasteiger partial charge on any atom is 0.261 e. The molecule has 0 unspecified atom stereocenters. The number of phenols is 1. The van der Waals surface area contributed by atoms with Crippen molar-refractivity contribution in [1.29, 1.82) is 0 Å². The molecule has 0 saturated carbocycles. The molecule has 0 aliphatic heterocycles. The second kappa shape index (κ2) is 8.74. The Morgan fingerprint density at radius 3 is 2.36 bits per heavy atom. The average Bonchev–Trinajstić information content (AvgIpc) is 2.61. The highest BCUT2D eigenvalue weighted by molar-refractivity contribution is 8.01. The molecule has 0 aliphatic carbocycles. The Kier molecular flexibility index (Phi) is 6.84. The van der Waals surface area contributed by atoms with Crippen molar-refractivity contribution >= 4 is 39.1 Å². The molecule has 152 valence electrons. The lowest BCUT2D eigenvalue weighted by Gasteiger charge is -2.17. The van der Waals surface area contributed by atoms with E-state index in [0.717, 1.165) is 0 Å². The predicted octanol–water partition coefficient (Wildman–Crippen LogP) is 3.67.